The van der Waals surface area contributed by atoms with E-state index in [2.05, 4.69) is 0 Å². The van der Waals surface area contributed by atoms with Crippen LogP contribution in [-0.2, 0) is 4.65 Å². The fourth-order valence-corrected chi connectivity index (χ4v) is 1.38. The monoisotopic (exact) mass is 270 g/mol. The summed E-state index contributed by atoms with van der Waals surface area (Å²) in [6, 6.07) is 3.79. The Hall–Kier alpha value is -1.11. The summed E-state index contributed by atoms with van der Waals surface area (Å²) in [5, 5.41) is 20.1. The van der Waals surface area contributed by atoms with Gasteiger partial charge < -0.3 is 19.5 Å². The summed E-state index contributed by atoms with van der Waals surface area (Å²) in [4.78, 5) is 0. The highest BCUT2D eigenvalue weighted by Crippen LogP contribution is 2.26. The van der Waals surface area contributed by atoms with Gasteiger partial charge in [0, 0.05) is 5.46 Å². The minimum Gasteiger partial charge on any atom is -0.497 e. The summed E-state index contributed by atoms with van der Waals surface area (Å²) in [6.45, 7) is 6.43. The highest BCUT2D eigenvalue weighted by molar-refractivity contribution is 6.61. The highest BCUT2D eigenvalue weighted by Gasteiger charge is 2.40. The van der Waals surface area contributed by atoms with E-state index in [0.717, 1.165) is 6.07 Å². The van der Waals surface area contributed by atoms with Crippen molar-refractivity contribution in [1.82, 2.24) is 0 Å². The van der Waals surface area contributed by atoms with Crippen molar-refractivity contribution in [2.24, 2.45) is 0 Å². The highest BCUT2D eigenvalue weighted by atomic mass is 19.1. The third-order valence-electron chi connectivity index (χ3n) is 3.34. The minimum atomic E-state index is -1.40. The van der Waals surface area contributed by atoms with E-state index in [-0.39, 0.29) is 5.46 Å². The van der Waals surface area contributed by atoms with E-state index in [9.17, 15) is 14.5 Å². The van der Waals surface area contributed by atoms with E-state index in [0.29, 0.717) is 5.75 Å². The zero-order valence-corrected chi connectivity index (χ0v) is 11.9. The van der Waals surface area contributed by atoms with Crippen LogP contribution in [0.5, 0.6) is 5.75 Å². The molecule has 0 heterocycles. The molecule has 0 saturated heterocycles. The zero-order chi connectivity index (χ0) is 14.8. The quantitative estimate of drug-likeness (QED) is 0.786. The molecule has 0 radical (unpaired) electrons. The lowest BCUT2D eigenvalue weighted by Gasteiger charge is -2.38. The first-order valence-electron chi connectivity index (χ1n) is 6.00. The first-order valence-corrected chi connectivity index (χ1v) is 6.00. The Labute approximate surface area is 113 Å². The van der Waals surface area contributed by atoms with Crippen molar-refractivity contribution >= 4 is 12.6 Å². The van der Waals surface area contributed by atoms with Crippen LogP contribution in [0.3, 0.4) is 0 Å². The van der Waals surface area contributed by atoms with Gasteiger partial charge in [-0.05, 0) is 45.9 Å². The van der Waals surface area contributed by atoms with Crippen LogP contribution in [0.15, 0.2) is 18.2 Å². The molecule has 0 aliphatic rings. The van der Waals surface area contributed by atoms with Crippen LogP contribution in [0.2, 0.25) is 0 Å². The molecule has 6 heteroatoms. The first kappa shape index (κ1) is 16.0. The Morgan fingerprint density at radius 2 is 1.79 bits per heavy atom. The molecule has 0 aliphatic carbocycles. The van der Waals surface area contributed by atoms with Gasteiger partial charge in [-0.25, -0.2) is 4.39 Å². The second kappa shape index (κ2) is 5.49. The first-order chi connectivity index (χ1) is 8.58. The van der Waals surface area contributed by atoms with Gasteiger partial charge in [0.1, 0.15) is 11.6 Å². The summed E-state index contributed by atoms with van der Waals surface area (Å²) >= 11 is 0. The van der Waals surface area contributed by atoms with E-state index in [4.69, 9.17) is 9.39 Å². The Kier molecular flexibility index (Phi) is 4.61. The molecule has 0 spiro atoms. The van der Waals surface area contributed by atoms with Crippen molar-refractivity contribution in [2.45, 2.75) is 38.9 Å². The maximum atomic E-state index is 13.2. The maximum absolute atomic E-state index is 13.2. The third-order valence-corrected chi connectivity index (χ3v) is 3.34. The molecule has 0 fully saturated rings. The molecule has 0 aliphatic heterocycles. The molecule has 0 bridgehead atoms. The second-order valence-electron chi connectivity index (χ2n) is 5.43. The Morgan fingerprint density at radius 1 is 1.21 bits per heavy atom. The van der Waals surface area contributed by atoms with E-state index < -0.39 is 24.1 Å². The van der Waals surface area contributed by atoms with Crippen LogP contribution in [0.4, 0.5) is 4.39 Å². The average Bonchev–Trinajstić information content (AvgIpc) is 2.26. The number of ether oxygens (including phenoxy) is 1. The number of hydrogen-bond acceptors (Lipinski definition) is 4. The largest absolute Gasteiger partial charge is 0.497 e. The van der Waals surface area contributed by atoms with Crippen molar-refractivity contribution < 1.29 is 23.9 Å². The van der Waals surface area contributed by atoms with Crippen LogP contribution in [-0.4, -0.2) is 35.6 Å². The van der Waals surface area contributed by atoms with Crippen LogP contribution in [0.1, 0.15) is 27.7 Å². The van der Waals surface area contributed by atoms with Crippen molar-refractivity contribution in [3.8, 4) is 5.75 Å². The van der Waals surface area contributed by atoms with Crippen molar-refractivity contribution in [3.05, 3.63) is 24.0 Å². The van der Waals surface area contributed by atoms with Gasteiger partial charge in [0.25, 0.3) is 0 Å². The Balaban J connectivity index is 3.01. The lowest BCUT2D eigenvalue weighted by Crippen LogP contribution is -2.53. The lowest BCUT2D eigenvalue weighted by molar-refractivity contribution is -0.0983. The molecule has 19 heavy (non-hydrogen) atoms. The fraction of sp³-hybridized carbons (Fsp3) is 0.538. The molecule has 4 nitrogen and oxygen atoms in total. The van der Waals surface area contributed by atoms with Gasteiger partial charge in [-0.15, -0.1) is 0 Å². The van der Waals surface area contributed by atoms with Gasteiger partial charge in [-0.1, -0.05) is 0 Å². The molecule has 0 aromatic heterocycles. The summed E-state index contributed by atoms with van der Waals surface area (Å²) in [5.41, 5.74) is -2.02. The van der Waals surface area contributed by atoms with Gasteiger partial charge >= 0.3 is 7.12 Å². The maximum Gasteiger partial charge on any atom is 0.495 e. The standard InChI is InChI=1S/C13H20BFO4/c1-12(2,16)13(3,4)19-14(17)10-8-9(15)6-7-11(10)18-5/h6-8,16-17H,1-5H3. The molecule has 0 amide bonds. The lowest BCUT2D eigenvalue weighted by atomic mass is 9.76. The van der Waals surface area contributed by atoms with Gasteiger partial charge in [-0.3, -0.25) is 0 Å². The number of benzene rings is 1. The van der Waals surface area contributed by atoms with Crippen LogP contribution in [0, 0.1) is 5.82 Å². The molecule has 2 N–H and O–H groups in total. The molecule has 0 saturated carbocycles. The Bertz CT molecular complexity index is 443. The summed E-state index contributed by atoms with van der Waals surface area (Å²) in [6.07, 6.45) is 0. The molecule has 1 aromatic rings. The van der Waals surface area contributed by atoms with Gasteiger partial charge in [0.15, 0.2) is 0 Å². The normalized spacial score (nSPS) is 12.4. The van der Waals surface area contributed by atoms with E-state index in [1.54, 1.807) is 27.7 Å². The summed E-state index contributed by atoms with van der Waals surface area (Å²) < 4.78 is 23.7. The van der Waals surface area contributed by atoms with E-state index >= 15 is 0 Å². The third kappa shape index (κ3) is 3.68. The van der Waals surface area contributed by atoms with Gasteiger partial charge in [0.2, 0.25) is 0 Å². The molecule has 0 atom stereocenters. The average molecular weight is 270 g/mol. The van der Waals surface area contributed by atoms with Crippen LogP contribution >= 0.6 is 0 Å². The molecule has 1 aromatic carbocycles. The van der Waals surface area contributed by atoms with Gasteiger partial charge in [0.05, 0.1) is 18.3 Å². The van der Waals surface area contributed by atoms with Crippen molar-refractivity contribution in [1.29, 1.82) is 0 Å². The fourth-order valence-electron chi connectivity index (χ4n) is 1.38. The second-order valence-corrected chi connectivity index (χ2v) is 5.43. The molecular weight excluding hydrogens is 250 g/mol. The summed E-state index contributed by atoms with van der Waals surface area (Å²) in [7, 11) is 0.0250. The topological polar surface area (TPSA) is 58.9 Å². The molecular formula is C13H20BFO4. The predicted molar refractivity (Wildman–Crippen MR) is 72.0 cm³/mol. The zero-order valence-electron chi connectivity index (χ0n) is 11.9. The Morgan fingerprint density at radius 3 is 2.26 bits per heavy atom. The van der Waals surface area contributed by atoms with Crippen LogP contribution < -0.4 is 10.2 Å². The van der Waals surface area contributed by atoms with E-state index in [1.165, 1.54) is 19.2 Å². The number of rotatable bonds is 5. The number of hydrogen-bond donors (Lipinski definition) is 2. The number of methoxy groups -OCH3 is 1. The summed E-state index contributed by atoms with van der Waals surface area (Å²) in [5.74, 6) is -0.181. The smallest absolute Gasteiger partial charge is 0.495 e. The van der Waals surface area contributed by atoms with Crippen LogP contribution in [0.25, 0.3) is 0 Å². The molecule has 1 rings (SSSR count). The number of aliphatic hydroxyl groups is 1. The van der Waals surface area contributed by atoms with Crippen molar-refractivity contribution in [3.63, 3.8) is 0 Å². The minimum absolute atomic E-state index is 0.180. The predicted octanol–water partition coefficient (Wildman–Crippen LogP) is 1.09. The van der Waals surface area contributed by atoms with Crippen molar-refractivity contribution in [2.75, 3.05) is 7.11 Å². The molecule has 106 valence electrons. The van der Waals surface area contributed by atoms with E-state index in [1.807, 2.05) is 0 Å². The number of halogens is 1. The SMILES string of the molecule is COc1ccc(F)cc1B(O)OC(C)(C)C(C)(C)O. The molecule has 0 unspecified atom stereocenters. The van der Waals surface area contributed by atoms with Gasteiger partial charge in [-0.2, -0.15) is 0 Å².